The first kappa shape index (κ1) is 16.1. The third kappa shape index (κ3) is 4.35. The third-order valence-electron chi connectivity index (χ3n) is 4.11. The number of methoxy groups -OCH3 is 2. The summed E-state index contributed by atoms with van der Waals surface area (Å²) in [4.78, 5) is 2.51. The highest BCUT2D eigenvalue weighted by molar-refractivity contribution is 5.48. The summed E-state index contributed by atoms with van der Waals surface area (Å²) in [7, 11) is 3.39. The fourth-order valence-electron chi connectivity index (χ4n) is 2.80. The van der Waals surface area contributed by atoms with Gasteiger partial charge in [0.1, 0.15) is 0 Å². The number of fused-ring (bicyclic) bond motifs is 1. The molecule has 0 unspecified atom stereocenters. The van der Waals surface area contributed by atoms with Crippen LogP contribution in [0.2, 0.25) is 0 Å². The number of ether oxygens (including phenoxy) is 2. The summed E-state index contributed by atoms with van der Waals surface area (Å²) >= 11 is 0. The number of nitrogens with one attached hydrogen (secondary N) is 1. The van der Waals surface area contributed by atoms with Crippen LogP contribution in [0.15, 0.2) is 12.1 Å². The van der Waals surface area contributed by atoms with Crippen molar-refractivity contribution in [3.8, 4) is 11.5 Å². The molecule has 118 valence electrons. The van der Waals surface area contributed by atoms with E-state index in [1.54, 1.807) is 14.2 Å². The molecule has 1 aromatic carbocycles. The number of hydrogen-bond donors (Lipinski definition) is 1. The predicted molar refractivity (Wildman–Crippen MR) is 86.3 cm³/mol. The molecule has 1 aromatic rings. The van der Waals surface area contributed by atoms with E-state index in [-0.39, 0.29) is 0 Å². The SMILES string of the molecule is CCCCNCCN1CCc2cc(OC)c(OC)cc2C1. The Morgan fingerprint density at radius 3 is 2.48 bits per heavy atom. The van der Waals surface area contributed by atoms with Crippen LogP contribution in [0.4, 0.5) is 0 Å². The van der Waals surface area contributed by atoms with Crippen LogP contribution in [0.3, 0.4) is 0 Å². The summed E-state index contributed by atoms with van der Waals surface area (Å²) in [5.74, 6) is 1.67. The number of hydrogen-bond acceptors (Lipinski definition) is 4. The van der Waals surface area contributed by atoms with Gasteiger partial charge in [-0.15, -0.1) is 0 Å². The first-order valence-corrected chi connectivity index (χ1v) is 7.95. The van der Waals surface area contributed by atoms with Crippen LogP contribution < -0.4 is 14.8 Å². The Balaban J connectivity index is 1.90. The second-order valence-corrected chi connectivity index (χ2v) is 5.61. The molecule has 0 amide bonds. The second-order valence-electron chi connectivity index (χ2n) is 5.61. The monoisotopic (exact) mass is 292 g/mol. The Morgan fingerprint density at radius 1 is 1.10 bits per heavy atom. The van der Waals surface area contributed by atoms with E-state index in [2.05, 4.69) is 29.3 Å². The van der Waals surface area contributed by atoms with E-state index in [0.717, 1.165) is 50.6 Å². The first-order valence-electron chi connectivity index (χ1n) is 7.95. The summed E-state index contributed by atoms with van der Waals surface area (Å²) < 4.78 is 10.8. The lowest BCUT2D eigenvalue weighted by atomic mass is 9.99. The van der Waals surface area contributed by atoms with Crippen molar-refractivity contribution in [3.63, 3.8) is 0 Å². The van der Waals surface area contributed by atoms with Gasteiger partial charge in [0.05, 0.1) is 14.2 Å². The molecular weight excluding hydrogens is 264 g/mol. The molecule has 4 nitrogen and oxygen atoms in total. The highest BCUT2D eigenvalue weighted by atomic mass is 16.5. The van der Waals surface area contributed by atoms with Gasteiger partial charge in [-0.3, -0.25) is 4.90 Å². The molecule has 0 aliphatic carbocycles. The zero-order valence-electron chi connectivity index (χ0n) is 13.6. The molecule has 1 aliphatic heterocycles. The van der Waals surface area contributed by atoms with Gasteiger partial charge >= 0.3 is 0 Å². The fourth-order valence-corrected chi connectivity index (χ4v) is 2.80. The molecule has 1 heterocycles. The van der Waals surface area contributed by atoms with Crippen LogP contribution >= 0.6 is 0 Å². The van der Waals surface area contributed by atoms with Gasteiger partial charge in [0.2, 0.25) is 0 Å². The average Bonchev–Trinajstić information content (AvgIpc) is 2.53. The van der Waals surface area contributed by atoms with E-state index in [0.29, 0.717) is 0 Å². The Morgan fingerprint density at radius 2 is 1.81 bits per heavy atom. The zero-order valence-corrected chi connectivity index (χ0v) is 13.6. The van der Waals surface area contributed by atoms with Gasteiger partial charge in [-0.05, 0) is 42.6 Å². The molecule has 0 saturated heterocycles. The molecule has 2 rings (SSSR count). The van der Waals surface area contributed by atoms with Gasteiger partial charge in [-0.2, -0.15) is 0 Å². The molecule has 1 N–H and O–H groups in total. The van der Waals surface area contributed by atoms with Crippen LogP contribution in [0, 0.1) is 0 Å². The van der Waals surface area contributed by atoms with E-state index >= 15 is 0 Å². The molecular formula is C17H28N2O2. The maximum absolute atomic E-state index is 5.41. The van der Waals surface area contributed by atoms with Crippen LogP contribution in [0.5, 0.6) is 11.5 Å². The topological polar surface area (TPSA) is 33.7 Å². The molecule has 1 aliphatic rings. The summed E-state index contributed by atoms with van der Waals surface area (Å²) in [5.41, 5.74) is 2.76. The normalized spacial score (nSPS) is 14.8. The molecule has 0 spiro atoms. The van der Waals surface area contributed by atoms with Crippen molar-refractivity contribution in [2.24, 2.45) is 0 Å². The Labute approximate surface area is 128 Å². The fraction of sp³-hybridized carbons (Fsp3) is 0.647. The summed E-state index contributed by atoms with van der Waals surface area (Å²) in [6.45, 7) is 7.67. The van der Waals surface area contributed by atoms with E-state index < -0.39 is 0 Å². The minimum absolute atomic E-state index is 0.833. The minimum atomic E-state index is 0.833. The summed E-state index contributed by atoms with van der Waals surface area (Å²) in [5, 5.41) is 3.51. The first-order chi connectivity index (χ1) is 10.3. The molecule has 0 bridgehead atoms. The van der Waals surface area contributed by atoms with Gasteiger partial charge in [0.15, 0.2) is 11.5 Å². The van der Waals surface area contributed by atoms with Crippen LogP contribution in [-0.4, -0.2) is 45.3 Å². The van der Waals surface area contributed by atoms with Crippen LogP contribution in [0.1, 0.15) is 30.9 Å². The summed E-state index contributed by atoms with van der Waals surface area (Å²) in [6, 6.07) is 4.26. The van der Waals surface area contributed by atoms with Gasteiger partial charge in [0, 0.05) is 26.2 Å². The lowest BCUT2D eigenvalue weighted by molar-refractivity contribution is 0.252. The van der Waals surface area contributed by atoms with E-state index in [9.17, 15) is 0 Å². The van der Waals surface area contributed by atoms with Crippen molar-refractivity contribution in [3.05, 3.63) is 23.3 Å². The number of benzene rings is 1. The number of rotatable bonds is 8. The second kappa shape index (κ2) is 8.25. The van der Waals surface area contributed by atoms with Gasteiger partial charge in [-0.25, -0.2) is 0 Å². The largest absolute Gasteiger partial charge is 0.493 e. The average molecular weight is 292 g/mol. The predicted octanol–water partition coefficient (Wildman–Crippen LogP) is 2.45. The van der Waals surface area contributed by atoms with Gasteiger partial charge in [0.25, 0.3) is 0 Å². The zero-order chi connectivity index (χ0) is 15.1. The molecule has 0 aromatic heterocycles. The molecule has 0 atom stereocenters. The molecule has 0 radical (unpaired) electrons. The standard InChI is InChI=1S/C17H28N2O2/c1-4-5-7-18-8-10-19-9-6-14-11-16(20-2)17(21-3)12-15(14)13-19/h11-12,18H,4-10,13H2,1-3H3. The molecule has 0 saturated carbocycles. The number of unbranched alkanes of at least 4 members (excludes halogenated alkanes) is 1. The van der Waals surface area contributed by atoms with Crippen molar-refractivity contribution in [2.45, 2.75) is 32.7 Å². The van der Waals surface area contributed by atoms with Crippen LogP contribution in [-0.2, 0) is 13.0 Å². The van der Waals surface area contributed by atoms with E-state index in [1.807, 2.05) is 0 Å². The van der Waals surface area contributed by atoms with Gasteiger partial charge in [-0.1, -0.05) is 13.3 Å². The smallest absolute Gasteiger partial charge is 0.161 e. The van der Waals surface area contributed by atoms with Crippen molar-refractivity contribution >= 4 is 0 Å². The minimum Gasteiger partial charge on any atom is -0.493 e. The number of nitrogens with zero attached hydrogens (tertiary/aromatic N) is 1. The Kier molecular flexibility index (Phi) is 6.33. The lowest BCUT2D eigenvalue weighted by Gasteiger charge is -2.29. The highest BCUT2D eigenvalue weighted by Gasteiger charge is 2.18. The highest BCUT2D eigenvalue weighted by Crippen LogP contribution is 2.33. The Hall–Kier alpha value is -1.26. The third-order valence-corrected chi connectivity index (χ3v) is 4.11. The van der Waals surface area contributed by atoms with E-state index in [4.69, 9.17) is 9.47 Å². The van der Waals surface area contributed by atoms with Crippen LogP contribution in [0.25, 0.3) is 0 Å². The maximum atomic E-state index is 5.41. The van der Waals surface area contributed by atoms with E-state index in [1.165, 1.54) is 24.0 Å². The lowest BCUT2D eigenvalue weighted by Crippen LogP contribution is -2.36. The maximum Gasteiger partial charge on any atom is 0.161 e. The quantitative estimate of drug-likeness (QED) is 0.746. The van der Waals surface area contributed by atoms with Gasteiger partial charge < -0.3 is 14.8 Å². The molecule has 21 heavy (non-hydrogen) atoms. The van der Waals surface area contributed by atoms with Crippen molar-refractivity contribution in [1.82, 2.24) is 10.2 Å². The van der Waals surface area contributed by atoms with Crippen molar-refractivity contribution < 1.29 is 9.47 Å². The summed E-state index contributed by atoms with van der Waals surface area (Å²) in [6.07, 6.45) is 3.61. The molecule has 4 heteroatoms. The molecule has 0 fully saturated rings. The van der Waals surface area contributed by atoms with Crippen molar-refractivity contribution in [1.29, 1.82) is 0 Å². The van der Waals surface area contributed by atoms with Crippen molar-refractivity contribution in [2.75, 3.05) is 40.4 Å². The Bertz CT molecular complexity index is 449.